The molecule has 21 heavy (non-hydrogen) atoms. The molecule has 0 spiro atoms. The number of nitrogen functional groups attached to an aromatic ring is 1. The van der Waals surface area contributed by atoms with E-state index in [1.165, 1.54) is 0 Å². The molecular weight excluding hydrogens is 264 g/mol. The molecule has 3 rings (SSSR count). The van der Waals surface area contributed by atoms with E-state index in [0.717, 1.165) is 24.1 Å². The highest BCUT2D eigenvalue weighted by molar-refractivity contribution is 5.44. The lowest BCUT2D eigenvalue weighted by atomic mass is 10.2. The minimum atomic E-state index is -0.0117. The van der Waals surface area contributed by atoms with Crippen LogP contribution in [0.5, 0.6) is 0 Å². The summed E-state index contributed by atoms with van der Waals surface area (Å²) in [6.45, 7) is 3.32. The molecule has 1 fully saturated rings. The third-order valence-electron chi connectivity index (χ3n) is 3.83. The summed E-state index contributed by atoms with van der Waals surface area (Å²) in [5.74, 6) is 0.554. The van der Waals surface area contributed by atoms with Gasteiger partial charge in [0.05, 0.1) is 0 Å². The van der Waals surface area contributed by atoms with Gasteiger partial charge in [-0.15, -0.1) is 0 Å². The molecule has 0 aliphatic heterocycles. The van der Waals surface area contributed by atoms with Crippen molar-refractivity contribution in [1.82, 2.24) is 9.55 Å². The number of aromatic nitrogens is 2. The molecule has 110 valence electrons. The van der Waals surface area contributed by atoms with Gasteiger partial charge in [0.1, 0.15) is 0 Å². The van der Waals surface area contributed by atoms with Crippen molar-refractivity contribution in [2.24, 2.45) is 0 Å². The Morgan fingerprint density at radius 1 is 1.33 bits per heavy atom. The number of nitrogens with zero attached hydrogens (tertiary/aromatic N) is 3. The lowest BCUT2D eigenvalue weighted by Crippen LogP contribution is -2.34. The Labute approximate surface area is 124 Å². The predicted molar refractivity (Wildman–Crippen MR) is 84.2 cm³/mol. The van der Waals surface area contributed by atoms with Gasteiger partial charge in [-0.25, -0.2) is 4.98 Å². The summed E-state index contributed by atoms with van der Waals surface area (Å²) >= 11 is 0. The average Bonchev–Trinajstić information content (AvgIpc) is 3.32. The molecule has 0 atom stereocenters. The summed E-state index contributed by atoms with van der Waals surface area (Å²) < 4.78 is 1.70. The summed E-state index contributed by atoms with van der Waals surface area (Å²) in [4.78, 5) is 18.9. The average molecular weight is 284 g/mol. The molecule has 2 aromatic rings. The van der Waals surface area contributed by atoms with Crippen LogP contribution in [-0.4, -0.2) is 15.6 Å². The first-order chi connectivity index (χ1) is 10.2. The fraction of sp³-hybridized carbons (Fsp3) is 0.375. The van der Waals surface area contributed by atoms with Gasteiger partial charge in [-0.1, -0.05) is 12.1 Å². The largest absolute Gasteiger partial charge is 0.399 e. The monoisotopic (exact) mass is 284 g/mol. The zero-order chi connectivity index (χ0) is 14.8. The normalized spacial score (nSPS) is 14.1. The van der Waals surface area contributed by atoms with E-state index in [1.807, 2.05) is 31.2 Å². The Morgan fingerprint density at radius 2 is 2.05 bits per heavy atom. The first kappa shape index (κ1) is 13.7. The molecule has 0 bridgehead atoms. The van der Waals surface area contributed by atoms with E-state index in [1.54, 1.807) is 17.0 Å². The smallest absolute Gasteiger partial charge is 0.293 e. The Bertz CT molecular complexity index is 673. The summed E-state index contributed by atoms with van der Waals surface area (Å²) in [7, 11) is 0. The molecule has 1 heterocycles. The Hall–Kier alpha value is -2.30. The van der Waals surface area contributed by atoms with Crippen molar-refractivity contribution in [3.8, 4) is 0 Å². The minimum absolute atomic E-state index is 0.0117. The molecule has 1 aromatic heterocycles. The van der Waals surface area contributed by atoms with Crippen molar-refractivity contribution in [2.45, 2.75) is 38.9 Å². The predicted octanol–water partition coefficient (Wildman–Crippen LogP) is 2.01. The third-order valence-corrected chi connectivity index (χ3v) is 3.83. The number of aryl methyl sites for hydroxylation is 1. The maximum absolute atomic E-state index is 12.5. The SMILES string of the molecule is CCn1ccnc(N(Cc2ccc(N)cc2)C2CC2)c1=O. The van der Waals surface area contributed by atoms with E-state index < -0.39 is 0 Å². The van der Waals surface area contributed by atoms with E-state index in [2.05, 4.69) is 9.88 Å². The highest BCUT2D eigenvalue weighted by atomic mass is 16.1. The highest BCUT2D eigenvalue weighted by Crippen LogP contribution is 2.30. The van der Waals surface area contributed by atoms with E-state index in [0.29, 0.717) is 24.9 Å². The molecule has 1 aromatic carbocycles. The highest BCUT2D eigenvalue weighted by Gasteiger charge is 2.31. The maximum atomic E-state index is 12.5. The number of benzene rings is 1. The van der Waals surface area contributed by atoms with E-state index in [-0.39, 0.29) is 5.56 Å². The van der Waals surface area contributed by atoms with Crippen LogP contribution < -0.4 is 16.2 Å². The Morgan fingerprint density at radius 3 is 2.67 bits per heavy atom. The van der Waals surface area contributed by atoms with Crippen molar-refractivity contribution < 1.29 is 0 Å². The van der Waals surface area contributed by atoms with Crippen molar-refractivity contribution in [2.75, 3.05) is 10.6 Å². The molecule has 1 aliphatic carbocycles. The fourth-order valence-corrected chi connectivity index (χ4v) is 2.46. The summed E-state index contributed by atoms with van der Waals surface area (Å²) in [5, 5.41) is 0. The number of anilines is 2. The molecule has 0 radical (unpaired) electrons. The molecule has 5 heteroatoms. The molecule has 0 unspecified atom stereocenters. The summed E-state index contributed by atoms with van der Waals surface area (Å²) in [5.41, 5.74) is 7.61. The van der Waals surface area contributed by atoms with Crippen molar-refractivity contribution in [3.05, 3.63) is 52.6 Å². The molecular formula is C16H20N4O. The fourth-order valence-electron chi connectivity index (χ4n) is 2.46. The van der Waals surface area contributed by atoms with Crippen LogP contribution in [0.1, 0.15) is 25.3 Å². The summed E-state index contributed by atoms with van der Waals surface area (Å²) in [6.07, 6.45) is 5.69. The first-order valence-electron chi connectivity index (χ1n) is 7.35. The van der Waals surface area contributed by atoms with Crippen LogP contribution in [0.4, 0.5) is 11.5 Å². The van der Waals surface area contributed by atoms with Crippen molar-refractivity contribution in [1.29, 1.82) is 0 Å². The number of hydrogen-bond acceptors (Lipinski definition) is 4. The van der Waals surface area contributed by atoms with Crippen molar-refractivity contribution >= 4 is 11.5 Å². The van der Waals surface area contributed by atoms with Crippen molar-refractivity contribution in [3.63, 3.8) is 0 Å². The van der Waals surface area contributed by atoms with E-state index in [4.69, 9.17) is 5.73 Å². The van der Waals surface area contributed by atoms with Gasteiger partial charge in [-0.3, -0.25) is 4.79 Å². The molecule has 0 amide bonds. The molecule has 5 nitrogen and oxygen atoms in total. The zero-order valence-corrected chi connectivity index (χ0v) is 12.2. The van der Waals surface area contributed by atoms with Crippen LogP contribution >= 0.6 is 0 Å². The minimum Gasteiger partial charge on any atom is -0.399 e. The second-order valence-electron chi connectivity index (χ2n) is 5.44. The Kier molecular flexibility index (Phi) is 3.64. The quantitative estimate of drug-likeness (QED) is 0.853. The molecule has 1 saturated carbocycles. The first-order valence-corrected chi connectivity index (χ1v) is 7.35. The van der Waals surface area contributed by atoms with Gasteiger partial charge in [-0.05, 0) is 37.5 Å². The van der Waals surface area contributed by atoms with Crippen LogP contribution in [0.15, 0.2) is 41.5 Å². The number of hydrogen-bond donors (Lipinski definition) is 1. The van der Waals surface area contributed by atoms with Gasteiger partial charge < -0.3 is 15.2 Å². The van der Waals surface area contributed by atoms with Crippen LogP contribution in [0.25, 0.3) is 0 Å². The third kappa shape index (κ3) is 2.91. The van der Waals surface area contributed by atoms with Gasteiger partial charge in [0.2, 0.25) is 0 Å². The molecule has 2 N–H and O–H groups in total. The van der Waals surface area contributed by atoms with Gasteiger partial charge in [0, 0.05) is 37.2 Å². The zero-order valence-electron chi connectivity index (χ0n) is 12.2. The lowest BCUT2D eigenvalue weighted by molar-refractivity contribution is 0.691. The lowest BCUT2D eigenvalue weighted by Gasteiger charge is -2.23. The maximum Gasteiger partial charge on any atom is 0.293 e. The van der Waals surface area contributed by atoms with Gasteiger partial charge >= 0.3 is 0 Å². The number of rotatable bonds is 5. The standard InChI is InChI=1S/C16H20N4O/c1-2-19-10-9-18-15(16(19)21)20(14-7-8-14)11-12-3-5-13(17)6-4-12/h3-6,9-10,14H,2,7-8,11,17H2,1H3. The topological polar surface area (TPSA) is 64.2 Å². The van der Waals surface area contributed by atoms with Gasteiger partial charge in [0.15, 0.2) is 5.82 Å². The number of nitrogens with two attached hydrogens (primary N) is 1. The van der Waals surface area contributed by atoms with E-state index in [9.17, 15) is 4.79 Å². The van der Waals surface area contributed by atoms with Gasteiger partial charge in [0.25, 0.3) is 5.56 Å². The van der Waals surface area contributed by atoms with Crippen LogP contribution in [0.3, 0.4) is 0 Å². The molecule has 0 saturated heterocycles. The van der Waals surface area contributed by atoms with Gasteiger partial charge in [-0.2, -0.15) is 0 Å². The van der Waals surface area contributed by atoms with Crippen LogP contribution in [0.2, 0.25) is 0 Å². The van der Waals surface area contributed by atoms with Crippen LogP contribution in [0, 0.1) is 0 Å². The van der Waals surface area contributed by atoms with Crippen LogP contribution in [-0.2, 0) is 13.1 Å². The van der Waals surface area contributed by atoms with E-state index >= 15 is 0 Å². The Balaban J connectivity index is 1.92. The second kappa shape index (κ2) is 5.60. The second-order valence-corrected chi connectivity index (χ2v) is 5.44. The summed E-state index contributed by atoms with van der Waals surface area (Å²) in [6, 6.07) is 8.22. The molecule has 1 aliphatic rings.